The first-order valence-electron chi connectivity index (χ1n) is 8.27. The van der Waals surface area contributed by atoms with E-state index in [1.54, 1.807) is 7.11 Å². The van der Waals surface area contributed by atoms with Crippen molar-refractivity contribution in [1.82, 2.24) is 0 Å². The number of Topliss-reactive ketones (excluding diaryl/α,β-unsaturated/α-hetero) is 1. The largest absolute Gasteiger partial charge is 0.497 e. The first kappa shape index (κ1) is 14.3. The van der Waals surface area contributed by atoms with E-state index in [0.29, 0.717) is 18.2 Å². The van der Waals surface area contributed by atoms with Crippen LogP contribution in [0.3, 0.4) is 0 Å². The summed E-state index contributed by atoms with van der Waals surface area (Å²) in [5.74, 6) is 1.27. The van der Waals surface area contributed by atoms with E-state index in [1.165, 1.54) is 11.3 Å². The van der Waals surface area contributed by atoms with E-state index in [0.717, 1.165) is 30.7 Å². The monoisotopic (exact) mass is 307 g/mol. The molecule has 118 valence electrons. The Morgan fingerprint density at radius 1 is 1.17 bits per heavy atom. The van der Waals surface area contributed by atoms with Crippen LogP contribution in [-0.2, 0) is 11.3 Å². The van der Waals surface area contributed by atoms with E-state index in [9.17, 15) is 4.79 Å². The number of nitrogens with zero attached hydrogens (tertiary/aromatic N) is 1. The maximum absolute atomic E-state index is 12.4. The summed E-state index contributed by atoms with van der Waals surface area (Å²) in [5.41, 5.74) is 3.65. The number of benzene rings is 2. The molecule has 4 rings (SSSR count). The predicted molar refractivity (Wildman–Crippen MR) is 91.0 cm³/mol. The normalized spacial score (nSPS) is 22.7. The van der Waals surface area contributed by atoms with Gasteiger partial charge >= 0.3 is 0 Å². The van der Waals surface area contributed by atoms with Crippen LogP contribution < -0.4 is 9.64 Å². The molecule has 0 radical (unpaired) electrons. The maximum Gasteiger partial charge on any atom is 0.140 e. The zero-order chi connectivity index (χ0) is 15.8. The zero-order valence-electron chi connectivity index (χ0n) is 13.4. The number of ketones is 1. The van der Waals surface area contributed by atoms with Crippen molar-refractivity contribution < 1.29 is 9.53 Å². The third-order valence-corrected chi connectivity index (χ3v) is 5.18. The average Bonchev–Trinajstić information content (AvgIpc) is 2.61. The van der Waals surface area contributed by atoms with E-state index < -0.39 is 0 Å². The molecule has 1 saturated carbocycles. The molecule has 1 aliphatic heterocycles. The predicted octanol–water partition coefficient (Wildman–Crippen LogP) is 3.92. The van der Waals surface area contributed by atoms with Crippen LogP contribution in [0.5, 0.6) is 5.75 Å². The maximum atomic E-state index is 12.4. The number of hydrogen-bond acceptors (Lipinski definition) is 3. The Morgan fingerprint density at radius 2 is 2.00 bits per heavy atom. The van der Waals surface area contributed by atoms with Gasteiger partial charge in [-0.1, -0.05) is 30.3 Å². The van der Waals surface area contributed by atoms with Gasteiger partial charge in [0, 0.05) is 30.6 Å². The highest BCUT2D eigenvalue weighted by atomic mass is 16.5. The van der Waals surface area contributed by atoms with Crippen molar-refractivity contribution in [3.8, 4) is 5.75 Å². The summed E-state index contributed by atoms with van der Waals surface area (Å²) in [7, 11) is 1.68. The van der Waals surface area contributed by atoms with Crippen molar-refractivity contribution in [2.75, 3.05) is 12.0 Å². The van der Waals surface area contributed by atoms with Crippen molar-refractivity contribution in [1.29, 1.82) is 0 Å². The molecule has 2 aromatic rings. The van der Waals surface area contributed by atoms with Gasteiger partial charge in [-0.3, -0.25) is 4.79 Å². The minimum Gasteiger partial charge on any atom is -0.497 e. The lowest BCUT2D eigenvalue weighted by atomic mass is 9.75. The topological polar surface area (TPSA) is 29.5 Å². The van der Waals surface area contributed by atoms with Crippen LogP contribution in [-0.4, -0.2) is 18.9 Å². The van der Waals surface area contributed by atoms with Crippen LogP contribution in [0.1, 0.15) is 36.3 Å². The van der Waals surface area contributed by atoms with E-state index in [4.69, 9.17) is 4.74 Å². The quantitative estimate of drug-likeness (QED) is 0.861. The highest BCUT2D eigenvalue weighted by molar-refractivity contribution is 5.90. The second-order valence-electron chi connectivity index (χ2n) is 6.49. The summed E-state index contributed by atoms with van der Waals surface area (Å²) >= 11 is 0. The molecule has 2 aliphatic rings. The summed E-state index contributed by atoms with van der Waals surface area (Å²) in [6.45, 7) is 0.895. The number of carbonyl (C=O) groups excluding carboxylic acids is 1. The van der Waals surface area contributed by atoms with Gasteiger partial charge in [-0.2, -0.15) is 0 Å². The van der Waals surface area contributed by atoms with Crippen molar-refractivity contribution >= 4 is 11.5 Å². The smallest absolute Gasteiger partial charge is 0.140 e. The second kappa shape index (κ2) is 5.73. The number of hydrogen-bond donors (Lipinski definition) is 0. The van der Waals surface area contributed by atoms with Gasteiger partial charge in [-0.15, -0.1) is 0 Å². The molecule has 3 nitrogen and oxygen atoms in total. The Labute approximate surface area is 136 Å². The van der Waals surface area contributed by atoms with Gasteiger partial charge < -0.3 is 9.64 Å². The minimum absolute atomic E-state index is 0.0471. The standard InChI is InChI=1S/C20H21NO2/c1-23-16-8-9-19-17(12-16)18-11-15(7-10-20(18)22)21(19)13-14-5-3-2-4-6-14/h2-6,8-9,12,15,18H,7,10-11,13H2,1H3/t15-,18+/m1/s1. The third kappa shape index (κ3) is 2.50. The Morgan fingerprint density at radius 3 is 2.78 bits per heavy atom. The number of rotatable bonds is 3. The van der Waals surface area contributed by atoms with Gasteiger partial charge in [0.2, 0.25) is 0 Å². The summed E-state index contributed by atoms with van der Waals surface area (Å²) in [5, 5.41) is 0. The molecule has 0 N–H and O–H groups in total. The number of fused-ring (bicyclic) bond motifs is 4. The minimum atomic E-state index is 0.0471. The number of ether oxygens (including phenoxy) is 1. The first-order chi connectivity index (χ1) is 11.3. The first-order valence-corrected chi connectivity index (χ1v) is 8.27. The molecule has 1 aliphatic carbocycles. The molecule has 2 aromatic carbocycles. The van der Waals surface area contributed by atoms with E-state index in [2.05, 4.69) is 41.3 Å². The molecular weight excluding hydrogens is 286 g/mol. The molecule has 1 fully saturated rings. The van der Waals surface area contributed by atoms with Gasteiger partial charge in [0.05, 0.1) is 7.11 Å². The van der Waals surface area contributed by atoms with Crippen molar-refractivity contribution in [2.45, 2.75) is 37.8 Å². The molecule has 0 amide bonds. The number of methoxy groups -OCH3 is 1. The van der Waals surface area contributed by atoms with Crippen LogP contribution in [0.15, 0.2) is 48.5 Å². The number of anilines is 1. The summed E-state index contributed by atoms with van der Waals surface area (Å²) in [4.78, 5) is 14.9. The summed E-state index contributed by atoms with van der Waals surface area (Å²) in [6, 6.07) is 17.2. The highest BCUT2D eigenvalue weighted by Crippen LogP contribution is 2.45. The van der Waals surface area contributed by atoms with Gasteiger partial charge in [-0.25, -0.2) is 0 Å². The van der Waals surface area contributed by atoms with Gasteiger partial charge in [0.25, 0.3) is 0 Å². The van der Waals surface area contributed by atoms with Gasteiger partial charge in [0.1, 0.15) is 11.5 Å². The van der Waals surface area contributed by atoms with Gasteiger partial charge in [-0.05, 0) is 42.2 Å². The highest BCUT2D eigenvalue weighted by Gasteiger charge is 2.39. The van der Waals surface area contributed by atoms with Crippen LogP contribution in [0.2, 0.25) is 0 Å². The van der Waals surface area contributed by atoms with Crippen LogP contribution in [0.25, 0.3) is 0 Å². The molecule has 2 bridgehead atoms. The van der Waals surface area contributed by atoms with Crippen molar-refractivity contribution in [3.05, 3.63) is 59.7 Å². The van der Waals surface area contributed by atoms with E-state index >= 15 is 0 Å². The Balaban J connectivity index is 1.76. The SMILES string of the molecule is COc1ccc2c(c1)[C@@H]1C[C@@H](CCC1=O)N2Cc1ccccc1. The van der Waals surface area contributed by atoms with Crippen LogP contribution in [0, 0.1) is 0 Å². The average molecular weight is 307 g/mol. The van der Waals surface area contributed by atoms with Crippen LogP contribution >= 0.6 is 0 Å². The fourth-order valence-electron chi connectivity index (χ4n) is 3.98. The molecule has 3 heteroatoms. The lowest BCUT2D eigenvalue weighted by molar-refractivity contribution is -0.122. The molecule has 1 heterocycles. The summed E-state index contributed by atoms with van der Waals surface area (Å²) < 4.78 is 5.38. The Kier molecular flexibility index (Phi) is 3.56. The fourth-order valence-corrected chi connectivity index (χ4v) is 3.98. The summed E-state index contributed by atoms with van der Waals surface area (Å²) in [6.07, 6.45) is 2.59. The Bertz CT molecular complexity index is 726. The number of carbonyl (C=O) groups is 1. The van der Waals surface area contributed by atoms with Gasteiger partial charge in [0.15, 0.2) is 0 Å². The lowest BCUT2D eigenvalue weighted by Crippen LogP contribution is -2.45. The molecule has 0 saturated heterocycles. The molecule has 23 heavy (non-hydrogen) atoms. The molecule has 0 spiro atoms. The fraction of sp³-hybridized carbons (Fsp3) is 0.350. The lowest BCUT2D eigenvalue weighted by Gasteiger charge is -2.45. The van der Waals surface area contributed by atoms with Crippen molar-refractivity contribution in [2.24, 2.45) is 0 Å². The zero-order valence-corrected chi connectivity index (χ0v) is 13.4. The Hall–Kier alpha value is -2.29. The van der Waals surface area contributed by atoms with E-state index in [1.807, 2.05) is 12.1 Å². The third-order valence-electron chi connectivity index (χ3n) is 5.18. The van der Waals surface area contributed by atoms with Crippen molar-refractivity contribution in [3.63, 3.8) is 0 Å². The molecule has 0 unspecified atom stereocenters. The van der Waals surface area contributed by atoms with Crippen LogP contribution in [0.4, 0.5) is 5.69 Å². The molecule has 0 aromatic heterocycles. The molecule has 2 atom stereocenters. The van der Waals surface area contributed by atoms with E-state index in [-0.39, 0.29) is 5.92 Å². The second-order valence-corrected chi connectivity index (χ2v) is 6.49. The molecular formula is C20H21NO2.